The second-order valence-corrected chi connectivity index (χ2v) is 22.0. The smallest absolute Gasteiger partial charge is 0.0150 e. The lowest BCUT2D eigenvalue weighted by molar-refractivity contribution is 0.425. The first-order chi connectivity index (χ1) is 39.3. The van der Waals surface area contributed by atoms with Crippen molar-refractivity contribution < 1.29 is 0 Å². The number of benzene rings is 9. The van der Waals surface area contributed by atoms with Gasteiger partial charge < -0.3 is 0 Å². The maximum absolute atomic E-state index is 3.66. The highest BCUT2D eigenvalue weighted by atomic mass is 14.3. The third kappa shape index (κ3) is 18.7. The van der Waals surface area contributed by atoms with E-state index in [1.807, 2.05) is 72.8 Å². The summed E-state index contributed by atoms with van der Waals surface area (Å²) in [6.45, 7) is 20.6. The average molecular weight is 1050 g/mol. The normalized spacial score (nSPS) is 13.9. The second-order valence-electron chi connectivity index (χ2n) is 22.0. The predicted molar refractivity (Wildman–Crippen MR) is 350 cm³/mol. The predicted octanol–water partition coefficient (Wildman–Crippen LogP) is 23.1. The van der Waals surface area contributed by atoms with Gasteiger partial charge >= 0.3 is 0 Å². The van der Waals surface area contributed by atoms with Crippen molar-refractivity contribution in [2.24, 2.45) is 0 Å². The molecule has 0 radical (unpaired) electrons. The molecule has 408 valence electrons. The molecule has 8 unspecified atom stereocenters. The molecule has 0 N–H and O–H groups in total. The molecule has 0 amide bonds. The van der Waals surface area contributed by atoms with E-state index in [2.05, 4.69) is 254 Å². The molecule has 9 aromatic rings. The zero-order valence-corrected chi connectivity index (χ0v) is 48.5. The van der Waals surface area contributed by atoms with Crippen molar-refractivity contribution in [3.8, 4) is 0 Å². The first-order valence-corrected chi connectivity index (χ1v) is 29.7. The summed E-state index contributed by atoms with van der Waals surface area (Å²) in [4.78, 5) is 0. The largest absolute Gasteiger partial charge is 0.0985 e. The minimum Gasteiger partial charge on any atom is -0.0985 e. The van der Waals surface area contributed by atoms with Crippen LogP contribution in [0, 0.1) is 0 Å². The van der Waals surface area contributed by atoms with Crippen LogP contribution in [0.3, 0.4) is 0 Å². The number of hydrogen-bond acceptors (Lipinski definition) is 0. The minimum absolute atomic E-state index is 0.428. The fourth-order valence-electron chi connectivity index (χ4n) is 11.9. The molecule has 0 heteroatoms. The Bertz CT molecular complexity index is 2880. The van der Waals surface area contributed by atoms with Crippen LogP contribution < -0.4 is 0 Å². The Morgan fingerprint density at radius 2 is 0.438 bits per heavy atom. The Balaban J connectivity index is 0.000000433. The summed E-state index contributed by atoms with van der Waals surface area (Å²) in [6, 6.07) is 96.0. The lowest BCUT2D eigenvalue weighted by atomic mass is 9.73. The van der Waals surface area contributed by atoms with E-state index in [-0.39, 0.29) is 0 Å². The molecule has 9 rings (SSSR count). The van der Waals surface area contributed by atoms with Gasteiger partial charge in [0.1, 0.15) is 0 Å². The molecule has 0 aliphatic rings. The van der Waals surface area contributed by atoms with Crippen LogP contribution in [0.25, 0.3) is 18.2 Å². The quantitative estimate of drug-likeness (QED) is 0.0535. The Labute approximate surface area is 483 Å². The van der Waals surface area contributed by atoms with Crippen molar-refractivity contribution in [1.82, 2.24) is 0 Å². The second kappa shape index (κ2) is 32.9. The molecule has 0 aliphatic carbocycles. The van der Waals surface area contributed by atoms with Gasteiger partial charge in [0.05, 0.1) is 0 Å². The van der Waals surface area contributed by atoms with Crippen molar-refractivity contribution in [3.05, 3.63) is 342 Å². The van der Waals surface area contributed by atoms with Crippen LogP contribution in [0.15, 0.2) is 281 Å². The third-order valence-electron chi connectivity index (χ3n) is 16.7. The zero-order valence-electron chi connectivity index (χ0n) is 48.5. The summed E-state index contributed by atoms with van der Waals surface area (Å²) in [6.07, 6.45) is 14.6. The highest BCUT2D eigenvalue weighted by Crippen LogP contribution is 2.45. The van der Waals surface area contributed by atoms with E-state index >= 15 is 0 Å². The molecular formula is C80H88. The van der Waals surface area contributed by atoms with Crippen molar-refractivity contribution in [2.75, 3.05) is 0 Å². The standard InChI is InChI=1S/C62H70.C10H10.C8H8/c1-5-49(53-29-17-9-18-30-53)43-61(45-59(55-33-21-11-22-34-55)41-47(3)51-25-13-7-14-26-51)57-37-39-58(40-38-57)62(44-50(6-2)54-31-19-10-20-32-54)46-60(56-35-23-12-24-36-56)42-48(4)52-27-15-8-16-28-52;1-3-9-5-7-10(4-2)8-6-9;1-2-8-6-4-3-5-7-8/h7-40,47-50,59-62H,5-6,41-46H2,1-4H3;3-8H,1-2H2;2-7H,1H2. The summed E-state index contributed by atoms with van der Waals surface area (Å²) < 4.78 is 0. The van der Waals surface area contributed by atoms with E-state index in [4.69, 9.17) is 0 Å². The molecule has 0 aromatic heterocycles. The van der Waals surface area contributed by atoms with Crippen LogP contribution in [0.5, 0.6) is 0 Å². The summed E-state index contributed by atoms with van der Waals surface area (Å²) in [5.74, 6) is 3.71. The molecule has 80 heavy (non-hydrogen) atoms. The van der Waals surface area contributed by atoms with Gasteiger partial charge in [0.25, 0.3) is 0 Å². The van der Waals surface area contributed by atoms with Crippen LogP contribution in [-0.2, 0) is 0 Å². The van der Waals surface area contributed by atoms with Crippen LogP contribution in [-0.4, -0.2) is 0 Å². The van der Waals surface area contributed by atoms with E-state index in [9.17, 15) is 0 Å². The first kappa shape index (κ1) is 59.9. The molecule has 0 heterocycles. The van der Waals surface area contributed by atoms with E-state index in [0.29, 0.717) is 47.3 Å². The van der Waals surface area contributed by atoms with E-state index < -0.39 is 0 Å². The topological polar surface area (TPSA) is 0 Å². The maximum Gasteiger partial charge on any atom is -0.0150 e. The molecule has 0 nitrogen and oxygen atoms in total. The van der Waals surface area contributed by atoms with Crippen molar-refractivity contribution in [1.29, 1.82) is 0 Å². The zero-order chi connectivity index (χ0) is 56.2. The number of hydrogen-bond donors (Lipinski definition) is 0. The summed E-state index contributed by atoms with van der Waals surface area (Å²) >= 11 is 0. The van der Waals surface area contributed by atoms with Crippen molar-refractivity contribution in [2.45, 2.75) is 126 Å². The van der Waals surface area contributed by atoms with Crippen LogP contribution in [0.2, 0.25) is 0 Å². The van der Waals surface area contributed by atoms with Gasteiger partial charge in [-0.2, -0.15) is 0 Å². The summed E-state index contributed by atoms with van der Waals surface area (Å²) in [5.41, 5.74) is 15.2. The third-order valence-corrected chi connectivity index (χ3v) is 16.7. The molecule has 9 aromatic carbocycles. The molecule has 0 saturated carbocycles. The average Bonchev–Trinajstić information content (AvgIpc) is 3.54. The van der Waals surface area contributed by atoms with Gasteiger partial charge in [-0.15, -0.1) is 0 Å². The first-order valence-electron chi connectivity index (χ1n) is 29.7. The van der Waals surface area contributed by atoms with Gasteiger partial charge in [-0.05, 0) is 160 Å². The SMILES string of the molecule is C=Cc1ccc(C=C)cc1.C=Cc1ccccc1.CCC(CC(CC(CC(C)c1ccccc1)c1ccccc1)c1ccc(C(CC(CC)c2ccccc2)CC(CC(C)c2ccccc2)c2ccccc2)cc1)c1ccccc1. The molecule has 0 bridgehead atoms. The van der Waals surface area contributed by atoms with Gasteiger partial charge in [0.2, 0.25) is 0 Å². The Morgan fingerprint density at radius 1 is 0.237 bits per heavy atom. The Morgan fingerprint density at radius 3 is 0.688 bits per heavy atom. The van der Waals surface area contributed by atoms with Crippen molar-refractivity contribution >= 4 is 18.2 Å². The molecular weight excluding hydrogens is 961 g/mol. The highest BCUT2D eigenvalue weighted by molar-refractivity contribution is 5.53. The van der Waals surface area contributed by atoms with Crippen molar-refractivity contribution in [3.63, 3.8) is 0 Å². The van der Waals surface area contributed by atoms with E-state index in [0.717, 1.165) is 62.5 Å². The summed E-state index contributed by atoms with van der Waals surface area (Å²) in [7, 11) is 0. The van der Waals surface area contributed by atoms with Gasteiger partial charge in [-0.3, -0.25) is 0 Å². The fraction of sp³-hybridized carbons (Fsp3) is 0.250. The van der Waals surface area contributed by atoms with Crippen LogP contribution in [0.1, 0.15) is 188 Å². The van der Waals surface area contributed by atoms with Gasteiger partial charge in [-0.25, -0.2) is 0 Å². The Hall–Kier alpha value is -7.80. The molecule has 0 saturated heterocycles. The molecule has 8 atom stereocenters. The van der Waals surface area contributed by atoms with Gasteiger partial charge in [0, 0.05) is 0 Å². The summed E-state index contributed by atoms with van der Waals surface area (Å²) in [5, 5.41) is 0. The highest BCUT2D eigenvalue weighted by Gasteiger charge is 2.28. The lowest BCUT2D eigenvalue weighted by Crippen LogP contribution is -2.14. The van der Waals surface area contributed by atoms with E-state index in [1.54, 1.807) is 0 Å². The minimum atomic E-state index is 0.428. The molecule has 0 spiro atoms. The maximum atomic E-state index is 3.66. The van der Waals surface area contributed by atoms with E-state index in [1.165, 1.54) is 50.1 Å². The monoisotopic (exact) mass is 1050 g/mol. The Kier molecular flexibility index (Phi) is 24.6. The molecule has 0 fully saturated rings. The van der Waals surface area contributed by atoms with Gasteiger partial charge in [0.15, 0.2) is 0 Å². The fourth-order valence-corrected chi connectivity index (χ4v) is 11.9. The van der Waals surface area contributed by atoms with Gasteiger partial charge in [-0.1, -0.05) is 327 Å². The molecule has 0 aliphatic heterocycles. The van der Waals surface area contributed by atoms with Crippen LogP contribution in [0.4, 0.5) is 0 Å². The number of rotatable bonds is 25. The van der Waals surface area contributed by atoms with Crippen LogP contribution >= 0.6 is 0 Å². The lowest BCUT2D eigenvalue weighted by Gasteiger charge is -2.31.